The summed E-state index contributed by atoms with van der Waals surface area (Å²) >= 11 is 0. The van der Waals surface area contributed by atoms with Crippen molar-refractivity contribution >= 4 is 5.91 Å². The van der Waals surface area contributed by atoms with Crippen molar-refractivity contribution in [2.75, 3.05) is 13.2 Å². The molecule has 1 rings (SSSR count). The Balaban J connectivity index is 2.34. The fourth-order valence-electron chi connectivity index (χ4n) is 0.687. The van der Waals surface area contributed by atoms with Crippen molar-refractivity contribution in [3.05, 3.63) is 0 Å². The molecular formula is C5H9NO2. The SMILES string of the molecule is CC1COCC(=O)N1. The van der Waals surface area contributed by atoms with Gasteiger partial charge in [0.25, 0.3) is 0 Å². The summed E-state index contributed by atoms with van der Waals surface area (Å²) in [5, 5.41) is 2.72. The number of carbonyl (C=O) groups excluding carboxylic acids is 1. The van der Waals surface area contributed by atoms with E-state index in [0.717, 1.165) is 0 Å². The van der Waals surface area contributed by atoms with E-state index in [-0.39, 0.29) is 18.6 Å². The fourth-order valence-corrected chi connectivity index (χ4v) is 0.687. The van der Waals surface area contributed by atoms with Crippen molar-refractivity contribution in [3.8, 4) is 0 Å². The summed E-state index contributed by atoms with van der Waals surface area (Å²) < 4.78 is 4.88. The van der Waals surface area contributed by atoms with Crippen LogP contribution in [-0.2, 0) is 9.53 Å². The minimum absolute atomic E-state index is 0.0104. The van der Waals surface area contributed by atoms with Gasteiger partial charge in [-0.05, 0) is 6.92 Å². The Morgan fingerprint density at radius 2 is 2.62 bits per heavy atom. The lowest BCUT2D eigenvalue weighted by molar-refractivity contribution is -0.130. The van der Waals surface area contributed by atoms with Gasteiger partial charge in [-0.3, -0.25) is 4.79 Å². The van der Waals surface area contributed by atoms with E-state index in [1.54, 1.807) is 0 Å². The average Bonchev–Trinajstić information content (AvgIpc) is 1.64. The topological polar surface area (TPSA) is 38.3 Å². The van der Waals surface area contributed by atoms with Gasteiger partial charge in [0.15, 0.2) is 0 Å². The highest BCUT2D eigenvalue weighted by Crippen LogP contribution is 1.90. The van der Waals surface area contributed by atoms with Crippen molar-refractivity contribution in [1.29, 1.82) is 0 Å². The smallest absolute Gasteiger partial charge is 0.246 e. The molecule has 1 heterocycles. The van der Waals surface area contributed by atoms with Crippen LogP contribution in [0.15, 0.2) is 0 Å². The van der Waals surface area contributed by atoms with Crippen LogP contribution >= 0.6 is 0 Å². The number of ether oxygens (including phenoxy) is 1. The summed E-state index contributed by atoms with van der Waals surface area (Å²) in [6.07, 6.45) is 0. The van der Waals surface area contributed by atoms with Gasteiger partial charge in [-0.25, -0.2) is 0 Å². The number of carbonyl (C=O) groups is 1. The Hall–Kier alpha value is -0.570. The Morgan fingerprint density at radius 3 is 3.00 bits per heavy atom. The van der Waals surface area contributed by atoms with Crippen LogP contribution in [0.4, 0.5) is 0 Å². The first-order chi connectivity index (χ1) is 3.79. The lowest BCUT2D eigenvalue weighted by atomic mass is 10.3. The summed E-state index contributed by atoms with van der Waals surface area (Å²) in [7, 11) is 0. The molecule has 0 radical (unpaired) electrons. The van der Waals surface area contributed by atoms with Gasteiger partial charge in [-0.2, -0.15) is 0 Å². The Kier molecular flexibility index (Phi) is 1.48. The second kappa shape index (κ2) is 2.13. The molecule has 1 unspecified atom stereocenters. The lowest BCUT2D eigenvalue weighted by Crippen LogP contribution is -2.43. The van der Waals surface area contributed by atoms with Crippen LogP contribution in [0.2, 0.25) is 0 Å². The normalized spacial score (nSPS) is 29.6. The Bertz CT molecular complexity index is 103. The second-order valence-electron chi connectivity index (χ2n) is 1.98. The van der Waals surface area contributed by atoms with Crippen LogP contribution in [0.5, 0.6) is 0 Å². The van der Waals surface area contributed by atoms with Crippen LogP contribution in [0.3, 0.4) is 0 Å². The number of hydrogen-bond acceptors (Lipinski definition) is 2. The van der Waals surface area contributed by atoms with Crippen molar-refractivity contribution < 1.29 is 9.53 Å². The molecule has 0 spiro atoms. The van der Waals surface area contributed by atoms with Crippen molar-refractivity contribution in [3.63, 3.8) is 0 Å². The van der Waals surface area contributed by atoms with Crippen LogP contribution in [-0.4, -0.2) is 25.2 Å². The summed E-state index contributed by atoms with van der Waals surface area (Å²) in [5.41, 5.74) is 0. The molecular weight excluding hydrogens is 106 g/mol. The van der Waals surface area contributed by atoms with Gasteiger partial charge in [0, 0.05) is 6.04 Å². The molecule has 1 fully saturated rings. The van der Waals surface area contributed by atoms with E-state index in [4.69, 9.17) is 4.74 Å². The molecule has 1 atom stereocenters. The highest BCUT2D eigenvalue weighted by atomic mass is 16.5. The first-order valence-electron chi connectivity index (χ1n) is 2.66. The molecule has 1 aliphatic rings. The molecule has 0 saturated carbocycles. The first-order valence-corrected chi connectivity index (χ1v) is 2.66. The van der Waals surface area contributed by atoms with E-state index < -0.39 is 0 Å². The quantitative estimate of drug-likeness (QED) is 0.463. The molecule has 1 saturated heterocycles. The third-order valence-electron chi connectivity index (χ3n) is 1.01. The van der Waals surface area contributed by atoms with E-state index in [0.29, 0.717) is 6.61 Å². The van der Waals surface area contributed by atoms with E-state index in [1.165, 1.54) is 0 Å². The number of amides is 1. The highest BCUT2D eigenvalue weighted by Gasteiger charge is 2.12. The van der Waals surface area contributed by atoms with Crippen LogP contribution in [0.1, 0.15) is 6.92 Å². The molecule has 0 aromatic rings. The molecule has 1 amide bonds. The number of rotatable bonds is 0. The molecule has 0 bridgehead atoms. The molecule has 0 aromatic heterocycles. The second-order valence-corrected chi connectivity index (χ2v) is 1.98. The molecule has 3 nitrogen and oxygen atoms in total. The lowest BCUT2D eigenvalue weighted by Gasteiger charge is -2.18. The minimum Gasteiger partial charge on any atom is -0.370 e. The molecule has 1 N–H and O–H groups in total. The van der Waals surface area contributed by atoms with Crippen LogP contribution in [0.25, 0.3) is 0 Å². The first kappa shape index (κ1) is 5.56. The zero-order valence-corrected chi connectivity index (χ0v) is 4.81. The molecule has 1 aliphatic heterocycles. The molecule has 46 valence electrons. The maximum atomic E-state index is 10.4. The van der Waals surface area contributed by atoms with E-state index in [2.05, 4.69) is 5.32 Å². The standard InChI is InChI=1S/C5H9NO2/c1-4-2-8-3-5(7)6-4/h4H,2-3H2,1H3,(H,6,7). The minimum atomic E-state index is -0.0104. The van der Waals surface area contributed by atoms with Gasteiger partial charge < -0.3 is 10.1 Å². The van der Waals surface area contributed by atoms with Crippen molar-refractivity contribution in [2.24, 2.45) is 0 Å². The van der Waals surface area contributed by atoms with Crippen LogP contribution < -0.4 is 5.32 Å². The zero-order valence-electron chi connectivity index (χ0n) is 4.81. The summed E-state index contributed by atoms with van der Waals surface area (Å²) in [5.74, 6) is -0.0104. The molecule has 0 aliphatic carbocycles. The Labute approximate surface area is 48.0 Å². The third-order valence-corrected chi connectivity index (χ3v) is 1.01. The number of hydrogen-bond donors (Lipinski definition) is 1. The van der Waals surface area contributed by atoms with Crippen molar-refractivity contribution in [1.82, 2.24) is 5.32 Å². The maximum Gasteiger partial charge on any atom is 0.246 e. The largest absolute Gasteiger partial charge is 0.370 e. The zero-order chi connectivity index (χ0) is 5.98. The van der Waals surface area contributed by atoms with E-state index >= 15 is 0 Å². The van der Waals surface area contributed by atoms with E-state index in [9.17, 15) is 4.79 Å². The van der Waals surface area contributed by atoms with Gasteiger partial charge in [-0.1, -0.05) is 0 Å². The van der Waals surface area contributed by atoms with E-state index in [1.807, 2.05) is 6.92 Å². The predicted molar refractivity (Wildman–Crippen MR) is 28.4 cm³/mol. The average molecular weight is 115 g/mol. The van der Waals surface area contributed by atoms with Gasteiger partial charge in [0.2, 0.25) is 5.91 Å². The molecule has 8 heavy (non-hydrogen) atoms. The summed E-state index contributed by atoms with van der Waals surface area (Å²) in [6.45, 7) is 2.78. The van der Waals surface area contributed by atoms with Crippen LogP contribution in [0, 0.1) is 0 Å². The fraction of sp³-hybridized carbons (Fsp3) is 0.800. The maximum absolute atomic E-state index is 10.4. The highest BCUT2D eigenvalue weighted by molar-refractivity contribution is 5.78. The Morgan fingerprint density at radius 1 is 1.88 bits per heavy atom. The van der Waals surface area contributed by atoms with Crippen molar-refractivity contribution in [2.45, 2.75) is 13.0 Å². The van der Waals surface area contributed by atoms with Gasteiger partial charge in [-0.15, -0.1) is 0 Å². The predicted octanol–water partition coefficient (Wildman–Crippen LogP) is -0.479. The molecule has 3 heteroatoms. The van der Waals surface area contributed by atoms with Gasteiger partial charge >= 0.3 is 0 Å². The monoisotopic (exact) mass is 115 g/mol. The summed E-state index contributed by atoms with van der Waals surface area (Å²) in [4.78, 5) is 10.4. The summed E-state index contributed by atoms with van der Waals surface area (Å²) in [6, 6.07) is 0.191. The number of nitrogens with one attached hydrogen (secondary N) is 1. The molecule has 0 aromatic carbocycles. The number of morpholine rings is 1. The third kappa shape index (κ3) is 1.20. The van der Waals surface area contributed by atoms with Gasteiger partial charge in [0.05, 0.1) is 6.61 Å². The van der Waals surface area contributed by atoms with Gasteiger partial charge in [0.1, 0.15) is 6.61 Å².